The maximum atomic E-state index is 12.3. The molecule has 0 amide bonds. The molecule has 0 spiro atoms. The smallest absolute Gasteiger partial charge is 0.338 e. The lowest BCUT2D eigenvalue weighted by molar-refractivity contribution is -0.153. The van der Waals surface area contributed by atoms with E-state index in [1.807, 2.05) is 26.8 Å². The molecular formula is C19H28O4. The molecule has 0 saturated heterocycles. The third-order valence-electron chi connectivity index (χ3n) is 3.60. The van der Waals surface area contributed by atoms with Crippen LogP contribution in [0.5, 0.6) is 0 Å². The molecule has 1 aromatic rings. The van der Waals surface area contributed by atoms with Crippen molar-refractivity contribution in [3.63, 3.8) is 0 Å². The van der Waals surface area contributed by atoms with Crippen LogP contribution in [-0.2, 0) is 14.3 Å². The molecule has 0 bridgehead atoms. The van der Waals surface area contributed by atoms with E-state index >= 15 is 0 Å². The van der Waals surface area contributed by atoms with Crippen molar-refractivity contribution in [3.05, 3.63) is 35.9 Å². The Bertz CT molecular complexity index is 481. The molecule has 0 radical (unpaired) electrons. The summed E-state index contributed by atoms with van der Waals surface area (Å²) in [6.45, 7) is 8.23. The topological polar surface area (TPSA) is 52.6 Å². The molecule has 0 N–H and O–H groups in total. The normalized spacial score (nSPS) is 13.4. The Balaban J connectivity index is 2.90. The number of carbonyl (C=O) groups is 2. The fourth-order valence-corrected chi connectivity index (χ4v) is 2.56. The van der Waals surface area contributed by atoms with E-state index in [1.165, 1.54) is 0 Å². The van der Waals surface area contributed by atoms with E-state index in [2.05, 4.69) is 0 Å². The molecule has 23 heavy (non-hydrogen) atoms. The molecule has 0 heterocycles. The number of rotatable bonds is 9. The zero-order valence-corrected chi connectivity index (χ0v) is 14.6. The number of carbonyl (C=O) groups excluding carboxylic acids is 2. The average molecular weight is 320 g/mol. The maximum Gasteiger partial charge on any atom is 0.338 e. The van der Waals surface area contributed by atoms with E-state index in [9.17, 15) is 9.59 Å². The fourth-order valence-electron chi connectivity index (χ4n) is 2.56. The second-order valence-electron chi connectivity index (χ2n) is 6.09. The van der Waals surface area contributed by atoms with Gasteiger partial charge in [0, 0.05) is 0 Å². The summed E-state index contributed by atoms with van der Waals surface area (Å²) in [5.74, 6) is -0.760. The maximum absolute atomic E-state index is 12.3. The van der Waals surface area contributed by atoms with Crippen molar-refractivity contribution in [2.75, 3.05) is 6.61 Å². The van der Waals surface area contributed by atoms with E-state index in [0.29, 0.717) is 30.9 Å². The first-order valence-electron chi connectivity index (χ1n) is 8.42. The predicted molar refractivity (Wildman–Crippen MR) is 90.1 cm³/mol. The quantitative estimate of drug-likeness (QED) is 0.639. The molecule has 2 atom stereocenters. The van der Waals surface area contributed by atoms with Gasteiger partial charge in [-0.05, 0) is 37.8 Å². The van der Waals surface area contributed by atoms with Crippen LogP contribution in [0.1, 0.15) is 57.3 Å². The number of hydrogen-bond donors (Lipinski definition) is 0. The Morgan fingerprint density at radius 1 is 1.09 bits per heavy atom. The lowest BCUT2D eigenvalue weighted by Gasteiger charge is -2.26. The first-order chi connectivity index (χ1) is 11.0. The third-order valence-corrected chi connectivity index (χ3v) is 3.60. The molecule has 1 rings (SSSR count). The van der Waals surface area contributed by atoms with Gasteiger partial charge < -0.3 is 9.47 Å². The molecular weight excluding hydrogens is 292 g/mol. The molecule has 0 fully saturated rings. The Morgan fingerprint density at radius 3 is 2.26 bits per heavy atom. The summed E-state index contributed by atoms with van der Waals surface area (Å²) in [7, 11) is 0. The number of benzene rings is 1. The number of hydrogen-bond acceptors (Lipinski definition) is 4. The molecule has 4 nitrogen and oxygen atoms in total. The monoisotopic (exact) mass is 320 g/mol. The second kappa shape index (κ2) is 10.0. The van der Waals surface area contributed by atoms with Crippen LogP contribution in [0.2, 0.25) is 0 Å². The molecule has 0 aliphatic rings. The van der Waals surface area contributed by atoms with Crippen molar-refractivity contribution in [3.8, 4) is 0 Å². The van der Waals surface area contributed by atoms with Crippen LogP contribution in [-0.4, -0.2) is 24.6 Å². The van der Waals surface area contributed by atoms with Crippen LogP contribution >= 0.6 is 0 Å². The third kappa shape index (κ3) is 6.43. The minimum absolute atomic E-state index is 0.277. The van der Waals surface area contributed by atoms with Crippen LogP contribution in [0, 0.1) is 11.8 Å². The van der Waals surface area contributed by atoms with Crippen molar-refractivity contribution < 1.29 is 19.1 Å². The molecule has 2 unspecified atom stereocenters. The Morgan fingerprint density at radius 2 is 1.74 bits per heavy atom. The van der Waals surface area contributed by atoms with Gasteiger partial charge in [-0.15, -0.1) is 0 Å². The van der Waals surface area contributed by atoms with E-state index in [-0.39, 0.29) is 11.9 Å². The van der Waals surface area contributed by atoms with Crippen LogP contribution in [0.25, 0.3) is 0 Å². The molecule has 0 aliphatic heterocycles. The van der Waals surface area contributed by atoms with Crippen molar-refractivity contribution in [2.24, 2.45) is 11.8 Å². The van der Waals surface area contributed by atoms with E-state index in [4.69, 9.17) is 9.47 Å². The average Bonchev–Trinajstić information content (AvgIpc) is 2.53. The van der Waals surface area contributed by atoms with E-state index in [0.717, 1.165) is 6.42 Å². The molecule has 0 aromatic heterocycles. The Kier molecular flexibility index (Phi) is 8.38. The molecule has 4 heteroatoms. The van der Waals surface area contributed by atoms with Gasteiger partial charge in [-0.1, -0.05) is 45.4 Å². The summed E-state index contributed by atoms with van der Waals surface area (Å²) in [5.41, 5.74) is 0.501. The summed E-state index contributed by atoms with van der Waals surface area (Å²) in [4.78, 5) is 24.6. The SMILES string of the molecule is CCCC(OC(=O)c1ccccc1)C(CC(C)C)C(=O)OCC. The second-order valence-corrected chi connectivity index (χ2v) is 6.09. The Hall–Kier alpha value is -1.84. The van der Waals surface area contributed by atoms with Crippen molar-refractivity contribution in [1.29, 1.82) is 0 Å². The largest absolute Gasteiger partial charge is 0.466 e. The van der Waals surface area contributed by atoms with Gasteiger partial charge in [0.2, 0.25) is 0 Å². The van der Waals surface area contributed by atoms with Gasteiger partial charge in [0.05, 0.1) is 18.1 Å². The number of ether oxygens (including phenoxy) is 2. The van der Waals surface area contributed by atoms with Gasteiger partial charge in [0.25, 0.3) is 0 Å². The van der Waals surface area contributed by atoms with Crippen LogP contribution in [0.15, 0.2) is 30.3 Å². The zero-order chi connectivity index (χ0) is 17.2. The molecule has 0 aliphatic carbocycles. The van der Waals surface area contributed by atoms with Crippen molar-refractivity contribution in [2.45, 2.75) is 53.1 Å². The van der Waals surface area contributed by atoms with Gasteiger partial charge in [0.15, 0.2) is 0 Å². The van der Waals surface area contributed by atoms with Gasteiger partial charge >= 0.3 is 11.9 Å². The first kappa shape index (κ1) is 19.2. The predicted octanol–water partition coefficient (Wildman–Crippen LogP) is 4.24. The van der Waals surface area contributed by atoms with Gasteiger partial charge in [-0.2, -0.15) is 0 Å². The lowest BCUT2D eigenvalue weighted by Crippen LogP contribution is -2.35. The summed E-state index contributed by atoms with van der Waals surface area (Å²) in [6.07, 6.45) is 1.68. The Labute approximate surface area is 139 Å². The highest BCUT2D eigenvalue weighted by Crippen LogP contribution is 2.24. The van der Waals surface area contributed by atoms with Gasteiger partial charge in [-0.25, -0.2) is 4.79 Å². The summed E-state index contributed by atoms with van der Waals surface area (Å²) < 4.78 is 10.9. The highest BCUT2D eigenvalue weighted by Gasteiger charge is 2.32. The first-order valence-corrected chi connectivity index (χ1v) is 8.42. The molecule has 1 aromatic carbocycles. The summed E-state index contributed by atoms with van der Waals surface area (Å²) >= 11 is 0. The standard InChI is InChI=1S/C19H28O4/c1-5-10-17(16(13-14(3)4)19(21)22-6-2)23-18(20)15-11-8-7-9-12-15/h7-9,11-12,14,16-17H,5-6,10,13H2,1-4H3. The summed E-state index contributed by atoms with van der Waals surface area (Å²) in [6, 6.07) is 8.87. The highest BCUT2D eigenvalue weighted by atomic mass is 16.6. The van der Waals surface area contributed by atoms with Gasteiger partial charge in [0.1, 0.15) is 6.10 Å². The van der Waals surface area contributed by atoms with E-state index in [1.54, 1.807) is 31.2 Å². The zero-order valence-electron chi connectivity index (χ0n) is 14.6. The van der Waals surface area contributed by atoms with Crippen LogP contribution in [0.3, 0.4) is 0 Å². The van der Waals surface area contributed by atoms with Crippen molar-refractivity contribution in [1.82, 2.24) is 0 Å². The number of esters is 2. The van der Waals surface area contributed by atoms with Crippen molar-refractivity contribution >= 4 is 11.9 Å². The molecule has 0 saturated carbocycles. The fraction of sp³-hybridized carbons (Fsp3) is 0.579. The molecule has 128 valence electrons. The van der Waals surface area contributed by atoms with Crippen LogP contribution < -0.4 is 0 Å². The van der Waals surface area contributed by atoms with Crippen LogP contribution in [0.4, 0.5) is 0 Å². The summed E-state index contributed by atoms with van der Waals surface area (Å²) in [5, 5.41) is 0. The van der Waals surface area contributed by atoms with Gasteiger partial charge in [-0.3, -0.25) is 4.79 Å². The highest BCUT2D eigenvalue weighted by molar-refractivity contribution is 5.89. The van der Waals surface area contributed by atoms with E-state index < -0.39 is 12.0 Å². The lowest BCUT2D eigenvalue weighted by atomic mass is 9.89. The minimum Gasteiger partial charge on any atom is -0.466 e. The minimum atomic E-state index is -0.450.